The normalized spacial score (nSPS) is 20.3. The molecule has 0 bridgehead atoms. The van der Waals surface area contributed by atoms with Crippen LogP contribution < -0.4 is 10.6 Å². The number of halogens is 1. The van der Waals surface area contributed by atoms with Gasteiger partial charge in [-0.25, -0.2) is 13.2 Å². The van der Waals surface area contributed by atoms with Gasteiger partial charge in [0.05, 0.1) is 4.90 Å². The molecule has 0 aromatic heterocycles. The van der Waals surface area contributed by atoms with Crippen molar-refractivity contribution in [3.8, 4) is 0 Å². The van der Waals surface area contributed by atoms with Crippen LogP contribution in [0.4, 0.5) is 4.79 Å². The van der Waals surface area contributed by atoms with Crippen molar-refractivity contribution in [2.45, 2.75) is 68.5 Å². The highest BCUT2D eigenvalue weighted by atomic mass is 79.9. The van der Waals surface area contributed by atoms with Gasteiger partial charge in [-0.3, -0.25) is 0 Å². The standard InChI is InChI=1S/C20H30BrN3O4S/c1-19(2,3)23-18(25)28-20(14-22-16-6-7-16)10-12-24(13-11-20)29(26,27)17-8-4-15(21)5-9-17/h4-5,8-9,16,22H,6-7,10-14H2,1-3H3,(H,23,25). The molecule has 2 fully saturated rings. The second-order valence-corrected chi connectivity index (χ2v) is 11.8. The number of carbonyl (C=O) groups excluding carboxylic acids is 1. The lowest BCUT2D eigenvalue weighted by Crippen LogP contribution is -2.56. The Morgan fingerprint density at radius 1 is 1.21 bits per heavy atom. The first-order valence-electron chi connectivity index (χ1n) is 9.99. The molecule has 1 amide bonds. The lowest BCUT2D eigenvalue weighted by atomic mass is 9.92. The van der Waals surface area contributed by atoms with Crippen LogP contribution >= 0.6 is 15.9 Å². The van der Waals surface area contributed by atoms with Gasteiger partial charge >= 0.3 is 6.09 Å². The number of ether oxygens (including phenoxy) is 1. The van der Waals surface area contributed by atoms with Crippen LogP contribution in [0.1, 0.15) is 46.5 Å². The van der Waals surface area contributed by atoms with E-state index in [4.69, 9.17) is 4.74 Å². The van der Waals surface area contributed by atoms with Crippen molar-refractivity contribution in [3.05, 3.63) is 28.7 Å². The molecule has 1 aromatic carbocycles. The number of benzene rings is 1. The molecule has 7 nitrogen and oxygen atoms in total. The fourth-order valence-corrected chi connectivity index (χ4v) is 5.06. The quantitative estimate of drug-likeness (QED) is 0.642. The van der Waals surface area contributed by atoms with Crippen LogP contribution in [0.5, 0.6) is 0 Å². The van der Waals surface area contributed by atoms with Gasteiger partial charge in [0.15, 0.2) is 0 Å². The Kier molecular flexibility index (Phi) is 6.62. The molecule has 0 atom stereocenters. The number of nitrogens with one attached hydrogen (secondary N) is 2. The fourth-order valence-electron chi connectivity index (χ4n) is 3.35. The van der Waals surface area contributed by atoms with Gasteiger partial charge in [0.2, 0.25) is 10.0 Å². The third-order valence-electron chi connectivity index (χ3n) is 5.16. The van der Waals surface area contributed by atoms with Gasteiger partial charge in [0.25, 0.3) is 0 Å². The lowest BCUT2D eigenvalue weighted by molar-refractivity contribution is -0.0247. The van der Waals surface area contributed by atoms with Crippen molar-refractivity contribution in [1.29, 1.82) is 0 Å². The zero-order valence-corrected chi connectivity index (χ0v) is 19.6. The number of piperidine rings is 1. The number of amides is 1. The fraction of sp³-hybridized carbons (Fsp3) is 0.650. The van der Waals surface area contributed by atoms with Gasteiger partial charge < -0.3 is 15.4 Å². The third kappa shape index (κ3) is 6.16. The summed E-state index contributed by atoms with van der Waals surface area (Å²) in [5.41, 5.74) is -1.10. The minimum absolute atomic E-state index is 0.274. The van der Waals surface area contributed by atoms with Crippen molar-refractivity contribution in [2.24, 2.45) is 0 Å². The second kappa shape index (κ2) is 8.53. The number of hydrogen-bond donors (Lipinski definition) is 2. The molecule has 1 aliphatic heterocycles. The summed E-state index contributed by atoms with van der Waals surface area (Å²) in [6, 6.07) is 7.12. The summed E-state index contributed by atoms with van der Waals surface area (Å²) in [5.74, 6) is 0. The molecular weight excluding hydrogens is 458 g/mol. The van der Waals surface area contributed by atoms with Crippen LogP contribution in [0.25, 0.3) is 0 Å². The van der Waals surface area contributed by atoms with Crippen molar-refractivity contribution in [1.82, 2.24) is 14.9 Å². The Morgan fingerprint density at radius 2 is 1.79 bits per heavy atom. The van der Waals surface area contributed by atoms with Gasteiger partial charge in [-0.2, -0.15) is 4.31 Å². The summed E-state index contributed by atoms with van der Waals surface area (Å²) < 4.78 is 34.1. The Labute approximate surface area is 181 Å². The molecule has 0 unspecified atom stereocenters. The van der Waals surface area contributed by atoms with Crippen LogP contribution in [0.15, 0.2) is 33.6 Å². The predicted octanol–water partition coefficient (Wildman–Crippen LogP) is 3.25. The number of carbonyl (C=O) groups is 1. The second-order valence-electron chi connectivity index (χ2n) is 8.96. The van der Waals surface area contributed by atoms with Crippen LogP contribution in [0.2, 0.25) is 0 Å². The Hall–Kier alpha value is -1.16. The van der Waals surface area contributed by atoms with Gasteiger partial charge in [-0.15, -0.1) is 0 Å². The van der Waals surface area contributed by atoms with E-state index in [1.165, 1.54) is 4.31 Å². The van der Waals surface area contributed by atoms with E-state index in [2.05, 4.69) is 26.6 Å². The van der Waals surface area contributed by atoms with Crippen molar-refractivity contribution in [2.75, 3.05) is 19.6 Å². The number of alkyl carbamates (subject to hydrolysis) is 1. The van der Waals surface area contributed by atoms with Crippen LogP contribution in [-0.2, 0) is 14.8 Å². The zero-order chi connectivity index (χ0) is 21.3. The Balaban J connectivity index is 1.69. The highest BCUT2D eigenvalue weighted by Gasteiger charge is 2.42. The van der Waals surface area contributed by atoms with E-state index in [0.29, 0.717) is 38.5 Å². The number of sulfonamides is 1. The SMILES string of the molecule is CC(C)(C)NC(=O)OC1(CNC2CC2)CCN(S(=O)(=O)c2ccc(Br)cc2)CC1. The van der Waals surface area contributed by atoms with E-state index in [0.717, 1.165) is 17.3 Å². The number of nitrogens with zero attached hydrogens (tertiary/aromatic N) is 1. The van der Waals surface area contributed by atoms with Crippen molar-refractivity contribution in [3.63, 3.8) is 0 Å². The highest BCUT2D eigenvalue weighted by molar-refractivity contribution is 9.10. The minimum atomic E-state index is -3.57. The molecule has 29 heavy (non-hydrogen) atoms. The largest absolute Gasteiger partial charge is 0.441 e. The van der Waals surface area contributed by atoms with E-state index in [-0.39, 0.29) is 4.90 Å². The predicted molar refractivity (Wildman–Crippen MR) is 115 cm³/mol. The maximum Gasteiger partial charge on any atom is 0.408 e. The lowest BCUT2D eigenvalue weighted by Gasteiger charge is -2.41. The molecule has 2 N–H and O–H groups in total. The molecule has 1 saturated heterocycles. The third-order valence-corrected chi connectivity index (χ3v) is 7.60. The molecule has 0 radical (unpaired) electrons. The molecule has 3 rings (SSSR count). The molecule has 1 aromatic rings. The first-order valence-corrected chi connectivity index (χ1v) is 12.2. The molecule has 0 spiro atoms. The number of rotatable bonds is 6. The summed E-state index contributed by atoms with van der Waals surface area (Å²) in [4.78, 5) is 12.7. The summed E-state index contributed by atoms with van der Waals surface area (Å²) >= 11 is 3.33. The van der Waals surface area contributed by atoms with E-state index in [1.807, 2.05) is 20.8 Å². The molecule has 1 aliphatic carbocycles. The smallest absolute Gasteiger partial charge is 0.408 e. The monoisotopic (exact) mass is 487 g/mol. The van der Waals surface area contributed by atoms with Crippen molar-refractivity contribution < 1.29 is 17.9 Å². The van der Waals surface area contributed by atoms with Gasteiger partial charge in [0.1, 0.15) is 5.60 Å². The Bertz CT molecular complexity index is 824. The van der Waals surface area contributed by atoms with E-state index >= 15 is 0 Å². The molecule has 9 heteroatoms. The summed E-state index contributed by atoms with van der Waals surface area (Å²) in [6.45, 7) is 6.87. The average molecular weight is 488 g/mol. The average Bonchev–Trinajstić information content (AvgIpc) is 3.44. The summed E-state index contributed by atoms with van der Waals surface area (Å²) in [5, 5.41) is 6.29. The van der Waals surface area contributed by atoms with Crippen LogP contribution in [0.3, 0.4) is 0 Å². The maximum absolute atomic E-state index is 13.0. The van der Waals surface area contributed by atoms with E-state index < -0.39 is 27.3 Å². The summed E-state index contributed by atoms with van der Waals surface area (Å²) in [6.07, 6.45) is 2.72. The first kappa shape index (κ1) is 22.5. The minimum Gasteiger partial charge on any atom is -0.441 e. The number of hydrogen-bond acceptors (Lipinski definition) is 5. The first-order chi connectivity index (χ1) is 13.5. The van der Waals surface area contributed by atoms with Gasteiger partial charge in [-0.1, -0.05) is 15.9 Å². The molecule has 1 heterocycles. The molecular formula is C20H30BrN3O4S. The highest BCUT2D eigenvalue weighted by Crippen LogP contribution is 2.31. The van der Waals surface area contributed by atoms with Gasteiger partial charge in [-0.05, 0) is 57.9 Å². The van der Waals surface area contributed by atoms with Crippen molar-refractivity contribution >= 4 is 32.0 Å². The van der Waals surface area contributed by atoms with E-state index in [9.17, 15) is 13.2 Å². The van der Waals surface area contributed by atoms with Crippen LogP contribution in [0, 0.1) is 0 Å². The van der Waals surface area contributed by atoms with Crippen LogP contribution in [-0.4, -0.2) is 55.6 Å². The zero-order valence-electron chi connectivity index (χ0n) is 17.2. The maximum atomic E-state index is 13.0. The Morgan fingerprint density at radius 3 is 2.31 bits per heavy atom. The molecule has 162 valence electrons. The summed E-state index contributed by atoms with van der Waals surface area (Å²) in [7, 11) is -3.57. The molecule has 2 aliphatic rings. The van der Waals surface area contributed by atoms with E-state index in [1.54, 1.807) is 24.3 Å². The van der Waals surface area contributed by atoms with Gasteiger partial charge in [0, 0.05) is 48.5 Å². The molecule has 1 saturated carbocycles. The topological polar surface area (TPSA) is 87.7 Å².